The molecule has 11 heteroatoms. The van der Waals surface area contributed by atoms with Crippen LogP contribution >= 0.6 is 11.6 Å². The molecule has 4 nitrogen and oxygen atoms in total. The Kier molecular flexibility index (Phi) is 6.14. The maximum absolute atomic E-state index is 13.3. The van der Waals surface area contributed by atoms with E-state index in [1.165, 1.54) is 18.2 Å². The fraction of sp³-hybridized carbons (Fsp3) is 0.167. The van der Waals surface area contributed by atoms with E-state index >= 15 is 0 Å². The average Bonchev–Trinajstić information content (AvgIpc) is 2.78. The lowest BCUT2D eigenvalue weighted by Crippen LogP contribution is -2.53. The summed E-state index contributed by atoms with van der Waals surface area (Å²) in [5, 5.41) is 10.1. The van der Waals surface area contributed by atoms with E-state index < -0.39 is 29.1 Å². The standard InChI is InChI=1S/C24H15ClF6N2O2/c25-16-8-11-18-19(13-16)32-20(12-14-4-2-1-3-5-14)33(21(18)34)17-9-6-15(7-10-17)22(35,23(26,27)28)24(29,30)31/h1-11,13,35H,12H2. The smallest absolute Gasteiger partial charge is 0.369 e. The van der Waals surface area contributed by atoms with Crippen LogP contribution in [0.25, 0.3) is 16.6 Å². The van der Waals surface area contributed by atoms with Crippen LogP contribution in [-0.4, -0.2) is 27.0 Å². The van der Waals surface area contributed by atoms with Crippen LogP contribution in [0.2, 0.25) is 5.02 Å². The molecule has 0 saturated heterocycles. The van der Waals surface area contributed by atoms with Crippen LogP contribution in [0.3, 0.4) is 0 Å². The number of hydrogen-bond donors (Lipinski definition) is 1. The summed E-state index contributed by atoms with van der Waals surface area (Å²) in [5.74, 6) is 0.186. The molecule has 4 aromatic rings. The quantitative estimate of drug-likeness (QED) is 0.344. The summed E-state index contributed by atoms with van der Waals surface area (Å²) in [4.78, 5) is 17.8. The molecule has 4 rings (SSSR count). The van der Waals surface area contributed by atoms with Gasteiger partial charge in [0.25, 0.3) is 11.2 Å². The van der Waals surface area contributed by atoms with E-state index in [1.54, 1.807) is 30.3 Å². The molecule has 0 atom stereocenters. The first-order valence-corrected chi connectivity index (χ1v) is 10.4. The van der Waals surface area contributed by atoms with Crippen molar-refractivity contribution in [1.82, 2.24) is 9.55 Å². The minimum absolute atomic E-state index is 0.0271. The molecule has 0 spiro atoms. The number of benzene rings is 3. The first-order chi connectivity index (χ1) is 16.3. The number of alkyl halides is 6. The molecule has 0 aliphatic rings. The molecular formula is C24H15ClF6N2O2. The second-order valence-corrected chi connectivity index (χ2v) is 8.18. The van der Waals surface area contributed by atoms with Gasteiger partial charge in [-0.3, -0.25) is 9.36 Å². The lowest BCUT2D eigenvalue weighted by molar-refractivity contribution is -0.376. The second-order valence-electron chi connectivity index (χ2n) is 7.75. The molecular weight excluding hydrogens is 498 g/mol. The highest BCUT2D eigenvalue weighted by atomic mass is 35.5. The largest absolute Gasteiger partial charge is 0.430 e. The van der Waals surface area contributed by atoms with Crippen LogP contribution in [0.15, 0.2) is 77.6 Å². The summed E-state index contributed by atoms with van der Waals surface area (Å²) >= 11 is 6.02. The zero-order chi connectivity index (χ0) is 25.6. The molecule has 1 aromatic heterocycles. The predicted octanol–water partition coefficient (Wildman–Crippen LogP) is 5.94. The topological polar surface area (TPSA) is 55.1 Å². The van der Waals surface area contributed by atoms with Crippen molar-refractivity contribution in [2.24, 2.45) is 0 Å². The Morgan fingerprint density at radius 2 is 1.46 bits per heavy atom. The molecule has 3 aromatic carbocycles. The van der Waals surface area contributed by atoms with E-state index in [1.807, 2.05) is 0 Å². The first-order valence-electron chi connectivity index (χ1n) is 10.0. The molecule has 0 saturated carbocycles. The molecule has 1 heterocycles. The lowest BCUT2D eigenvalue weighted by atomic mass is 9.92. The number of aromatic nitrogens is 2. The Morgan fingerprint density at radius 3 is 2.03 bits per heavy atom. The van der Waals surface area contributed by atoms with Gasteiger partial charge in [0.1, 0.15) is 5.82 Å². The molecule has 0 bridgehead atoms. The van der Waals surface area contributed by atoms with Gasteiger partial charge in [0.05, 0.1) is 16.6 Å². The Bertz CT molecular complexity index is 1420. The van der Waals surface area contributed by atoms with Crippen molar-refractivity contribution in [3.05, 3.63) is 105 Å². The maximum atomic E-state index is 13.3. The van der Waals surface area contributed by atoms with Crippen LogP contribution in [0.4, 0.5) is 26.3 Å². The summed E-state index contributed by atoms with van der Waals surface area (Å²) in [6, 6.07) is 16.0. The van der Waals surface area contributed by atoms with E-state index in [-0.39, 0.29) is 28.8 Å². The van der Waals surface area contributed by atoms with Gasteiger partial charge in [-0.25, -0.2) is 4.98 Å². The highest BCUT2D eigenvalue weighted by Gasteiger charge is 2.71. The van der Waals surface area contributed by atoms with Crippen LogP contribution in [0, 0.1) is 0 Å². The van der Waals surface area contributed by atoms with Crippen molar-refractivity contribution in [2.75, 3.05) is 0 Å². The van der Waals surface area contributed by atoms with Crippen LogP contribution in [0.5, 0.6) is 0 Å². The van der Waals surface area contributed by atoms with E-state index in [0.29, 0.717) is 17.2 Å². The molecule has 0 fully saturated rings. The Morgan fingerprint density at radius 1 is 0.857 bits per heavy atom. The van der Waals surface area contributed by atoms with Crippen molar-refractivity contribution in [3.63, 3.8) is 0 Å². The number of aliphatic hydroxyl groups is 1. The molecule has 0 amide bonds. The van der Waals surface area contributed by atoms with Crippen molar-refractivity contribution >= 4 is 22.5 Å². The fourth-order valence-corrected chi connectivity index (χ4v) is 3.87. The molecule has 35 heavy (non-hydrogen) atoms. The molecule has 182 valence electrons. The highest BCUT2D eigenvalue weighted by Crippen LogP contribution is 2.50. The monoisotopic (exact) mass is 512 g/mol. The predicted molar refractivity (Wildman–Crippen MR) is 118 cm³/mol. The van der Waals surface area contributed by atoms with E-state index in [4.69, 9.17) is 11.6 Å². The lowest BCUT2D eigenvalue weighted by Gasteiger charge is -2.32. The summed E-state index contributed by atoms with van der Waals surface area (Å²) in [6.45, 7) is 0. The summed E-state index contributed by atoms with van der Waals surface area (Å²) in [5.41, 5.74) is -6.08. The van der Waals surface area contributed by atoms with Crippen LogP contribution in [-0.2, 0) is 12.0 Å². The third-order valence-electron chi connectivity index (χ3n) is 5.47. The van der Waals surface area contributed by atoms with E-state index in [9.17, 15) is 36.2 Å². The first kappa shape index (κ1) is 24.7. The van der Waals surface area contributed by atoms with Gasteiger partial charge in [0, 0.05) is 17.0 Å². The Hall–Kier alpha value is -3.37. The van der Waals surface area contributed by atoms with Gasteiger partial charge in [0.2, 0.25) is 0 Å². The third-order valence-corrected chi connectivity index (χ3v) is 5.70. The van der Waals surface area contributed by atoms with Crippen LogP contribution < -0.4 is 5.56 Å². The van der Waals surface area contributed by atoms with Gasteiger partial charge in [-0.2, -0.15) is 26.3 Å². The van der Waals surface area contributed by atoms with E-state index in [2.05, 4.69) is 4.98 Å². The third kappa shape index (κ3) is 4.39. The molecule has 0 unspecified atom stereocenters. The number of rotatable bonds is 4. The van der Waals surface area contributed by atoms with Crippen molar-refractivity contribution < 1.29 is 31.4 Å². The van der Waals surface area contributed by atoms with Gasteiger partial charge in [0.15, 0.2) is 0 Å². The molecule has 0 radical (unpaired) electrons. The average molecular weight is 513 g/mol. The molecule has 0 aliphatic carbocycles. The minimum Gasteiger partial charge on any atom is -0.369 e. The molecule has 0 aliphatic heterocycles. The summed E-state index contributed by atoms with van der Waals surface area (Å²) < 4.78 is 80.6. The number of fused-ring (bicyclic) bond motifs is 1. The number of nitrogens with zero attached hydrogens (tertiary/aromatic N) is 2. The van der Waals surface area contributed by atoms with Crippen LogP contribution in [0.1, 0.15) is 17.0 Å². The summed E-state index contributed by atoms with van der Waals surface area (Å²) in [7, 11) is 0. The normalized spacial score (nSPS) is 12.8. The maximum Gasteiger partial charge on any atom is 0.430 e. The molecule has 1 N–H and O–H groups in total. The second kappa shape index (κ2) is 8.69. The zero-order valence-electron chi connectivity index (χ0n) is 17.5. The Balaban J connectivity index is 1.91. The minimum atomic E-state index is -6.02. The van der Waals surface area contributed by atoms with Gasteiger partial charge in [-0.15, -0.1) is 0 Å². The SMILES string of the molecule is O=c1c2ccc(Cl)cc2nc(Cc2ccccc2)n1-c1ccc(C(O)(C(F)(F)F)C(F)(F)F)cc1. The van der Waals surface area contributed by atoms with Gasteiger partial charge in [-0.05, 0) is 35.9 Å². The zero-order valence-corrected chi connectivity index (χ0v) is 18.3. The van der Waals surface area contributed by atoms with Crippen molar-refractivity contribution in [2.45, 2.75) is 24.4 Å². The van der Waals surface area contributed by atoms with Crippen molar-refractivity contribution in [3.8, 4) is 5.69 Å². The van der Waals surface area contributed by atoms with Gasteiger partial charge >= 0.3 is 12.4 Å². The van der Waals surface area contributed by atoms with Gasteiger partial charge < -0.3 is 5.11 Å². The summed E-state index contributed by atoms with van der Waals surface area (Å²) in [6.07, 6.45) is -11.9. The van der Waals surface area contributed by atoms with E-state index in [0.717, 1.165) is 22.3 Å². The number of hydrogen-bond acceptors (Lipinski definition) is 3. The fourth-order valence-electron chi connectivity index (χ4n) is 3.71. The Labute approximate surface area is 199 Å². The number of halogens is 7. The van der Waals surface area contributed by atoms with Crippen molar-refractivity contribution in [1.29, 1.82) is 0 Å². The van der Waals surface area contributed by atoms with Gasteiger partial charge in [-0.1, -0.05) is 54.1 Å². The highest BCUT2D eigenvalue weighted by molar-refractivity contribution is 6.31.